The van der Waals surface area contributed by atoms with Crippen LogP contribution in [0.15, 0.2) is 52.9 Å². The number of rotatable bonds is 4. The Labute approximate surface area is 162 Å². The van der Waals surface area contributed by atoms with Crippen molar-refractivity contribution in [3.8, 4) is 0 Å². The minimum absolute atomic E-state index is 0.0424. The van der Waals surface area contributed by atoms with Crippen molar-refractivity contribution in [2.45, 2.75) is 12.8 Å². The van der Waals surface area contributed by atoms with Gasteiger partial charge < -0.3 is 19.4 Å². The van der Waals surface area contributed by atoms with Crippen molar-refractivity contribution < 1.29 is 18.7 Å². The lowest BCUT2D eigenvalue weighted by molar-refractivity contribution is -0.120. The van der Waals surface area contributed by atoms with Crippen LogP contribution in [0, 0.1) is 5.92 Å². The first-order valence-electron chi connectivity index (χ1n) is 9.24. The number of nitrogens with one attached hydrogen (secondary N) is 1. The summed E-state index contributed by atoms with van der Waals surface area (Å²) in [6.45, 7) is 1.40. The fourth-order valence-electron chi connectivity index (χ4n) is 3.41. The molecule has 1 saturated heterocycles. The molecule has 1 aromatic heterocycles. The summed E-state index contributed by atoms with van der Waals surface area (Å²) in [6, 6.07) is 15.0. The van der Waals surface area contributed by atoms with Gasteiger partial charge in [-0.1, -0.05) is 18.2 Å². The van der Waals surface area contributed by atoms with Gasteiger partial charge in [-0.15, -0.1) is 0 Å². The third kappa shape index (κ3) is 3.69. The van der Waals surface area contributed by atoms with Crippen molar-refractivity contribution >= 4 is 34.7 Å². The molecule has 1 aliphatic rings. The molecule has 0 unspecified atom stereocenters. The highest BCUT2D eigenvalue weighted by molar-refractivity contribution is 5.95. The van der Waals surface area contributed by atoms with Crippen LogP contribution >= 0.6 is 0 Å². The predicted molar refractivity (Wildman–Crippen MR) is 105 cm³/mol. The van der Waals surface area contributed by atoms with Gasteiger partial charge in [-0.25, -0.2) is 4.79 Å². The molecule has 7 heteroatoms. The van der Waals surface area contributed by atoms with Crippen LogP contribution in [0.4, 0.5) is 11.7 Å². The molecule has 7 nitrogen and oxygen atoms in total. The van der Waals surface area contributed by atoms with Crippen molar-refractivity contribution in [3.63, 3.8) is 0 Å². The minimum Gasteiger partial charge on any atom is -0.465 e. The molecule has 0 spiro atoms. The molecule has 2 heterocycles. The Hall–Kier alpha value is -3.35. The fourth-order valence-corrected chi connectivity index (χ4v) is 3.41. The molecule has 0 saturated carbocycles. The lowest BCUT2D eigenvalue weighted by Crippen LogP contribution is -2.38. The second-order valence-corrected chi connectivity index (χ2v) is 6.79. The number of ether oxygens (including phenoxy) is 1. The fraction of sp³-hybridized carbons (Fsp3) is 0.286. The van der Waals surface area contributed by atoms with Crippen LogP contribution in [0.1, 0.15) is 23.2 Å². The maximum absolute atomic E-state index is 12.6. The molecule has 0 bridgehead atoms. The first kappa shape index (κ1) is 18.0. The van der Waals surface area contributed by atoms with Crippen LogP contribution in [0.2, 0.25) is 0 Å². The van der Waals surface area contributed by atoms with E-state index >= 15 is 0 Å². The van der Waals surface area contributed by atoms with E-state index in [1.165, 1.54) is 7.11 Å². The average molecular weight is 379 g/mol. The number of fused-ring (bicyclic) bond motifs is 1. The summed E-state index contributed by atoms with van der Waals surface area (Å²) >= 11 is 0. The summed E-state index contributed by atoms with van der Waals surface area (Å²) in [5.74, 6) is -0.565. The van der Waals surface area contributed by atoms with Gasteiger partial charge in [-0.05, 0) is 43.2 Å². The number of piperidine rings is 1. The Balaban J connectivity index is 1.37. The van der Waals surface area contributed by atoms with E-state index in [1.54, 1.807) is 24.3 Å². The first-order valence-corrected chi connectivity index (χ1v) is 9.24. The molecule has 0 atom stereocenters. The van der Waals surface area contributed by atoms with Gasteiger partial charge >= 0.3 is 5.97 Å². The van der Waals surface area contributed by atoms with E-state index in [0.29, 0.717) is 43.2 Å². The number of hydrogen-bond acceptors (Lipinski definition) is 6. The molecule has 1 aliphatic heterocycles. The summed E-state index contributed by atoms with van der Waals surface area (Å²) in [7, 11) is 1.33. The highest BCUT2D eigenvalue weighted by atomic mass is 16.5. The molecule has 1 fully saturated rings. The van der Waals surface area contributed by atoms with Crippen molar-refractivity contribution in [1.29, 1.82) is 0 Å². The molecule has 4 rings (SSSR count). The zero-order valence-electron chi connectivity index (χ0n) is 15.6. The Morgan fingerprint density at radius 3 is 2.68 bits per heavy atom. The SMILES string of the molecule is COC(=O)c1cccc(NC(=O)C2CCN(c3nc4ccccc4o3)CC2)c1. The molecule has 0 radical (unpaired) electrons. The number of esters is 1. The lowest BCUT2D eigenvalue weighted by atomic mass is 9.96. The number of amides is 1. The highest BCUT2D eigenvalue weighted by Crippen LogP contribution is 2.27. The van der Waals surface area contributed by atoms with E-state index in [4.69, 9.17) is 9.15 Å². The number of nitrogens with zero attached hydrogens (tertiary/aromatic N) is 2. The number of methoxy groups -OCH3 is 1. The highest BCUT2D eigenvalue weighted by Gasteiger charge is 2.27. The molecule has 1 amide bonds. The summed E-state index contributed by atoms with van der Waals surface area (Å²) in [6.07, 6.45) is 1.42. The maximum atomic E-state index is 12.6. The average Bonchev–Trinajstić information content (AvgIpc) is 3.18. The number of anilines is 2. The number of oxazole rings is 1. The van der Waals surface area contributed by atoms with Gasteiger partial charge in [0.1, 0.15) is 5.52 Å². The standard InChI is InChI=1S/C21H21N3O4/c1-27-20(26)15-5-4-6-16(13-15)22-19(25)14-9-11-24(12-10-14)21-23-17-7-2-3-8-18(17)28-21/h2-8,13-14H,9-12H2,1H3,(H,22,25). The maximum Gasteiger partial charge on any atom is 0.337 e. The molecule has 2 aromatic carbocycles. The monoisotopic (exact) mass is 379 g/mol. The Kier molecular flexibility index (Phi) is 4.97. The summed E-state index contributed by atoms with van der Waals surface area (Å²) in [5.41, 5.74) is 2.60. The molecule has 1 N–H and O–H groups in total. The third-order valence-corrected chi connectivity index (χ3v) is 4.97. The van der Waals surface area contributed by atoms with Crippen molar-refractivity contribution in [3.05, 3.63) is 54.1 Å². The van der Waals surface area contributed by atoms with Gasteiger partial charge in [0.2, 0.25) is 5.91 Å². The smallest absolute Gasteiger partial charge is 0.337 e. The molecule has 144 valence electrons. The number of carbonyl (C=O) groups excluding carboxylic acids is 2. The first-order chi connectivity index (χ1) is 13.6. The van der Waals surface area contributed by atoms with E-state index < -0.39 is 5.97 Å². The number of para-hydroxylation sites is 2. The Morgan fingerprint density at radius 2 is 1.93 bits per heavy atom. The molecule has 3 aromatic rings. The zero-order chi connectivity index (χ0) is 19.5. The van der Waals surface area contributed by atoms with Crippen LogP contribution in [0.5, 0.6) is 0 Å². The van der Waals surface area contributed by atoms with Gasteiger partial charge in [0.25, 0.3) is 6.01 Å². The lowest BCUT2D eigenvalue weighted by Gasteiger charge is -2.30. The second-order valence-electron chi connectivity index (χ2n) is 6.79. The van der Waals surface area contributed by atoms with Gasteiger partial charge in [0.15, 0.2) is 5.58 Å². The Morgan fingerprint density at radius 1 is 1.14 bits per heavy atom. The van der Waals surface area contributed by atoms with Crippen LogP contribution in [-0.2, 0) is 9.53 Å². The van der Waals surface area contributed by atoms with Crippen molar-refractivity contribution in [2.75, 3.05) is 30.4 Å². The van der Waals surface area contributed by atoms with E-state index in [0.717, 1.165) is 11.1 Å². The normalized spacial score (nSPS) is 14.8. The van der Waals surface area contributed by atoms with Gasteiger partial charge in [0.05, 0.1) is 12.7 Å². The molecule has 28 heavy (non-hydrogen) atoms. The van der Waals surface area contributed by atoms with Gasteiger partial charge in [-0.2, -0.15) is 4.98 Å². The topological polar surface area (TPSA) is 84.7 Å². The number of hydrogen-bond donors (Lipinski definition) is 1. The van der Waals surface area contributed by atoms with Crippen LogP contribution in [0.3, 0.4) is 0 Å². The number of carbonyl (C=O) groups is 2. The zero-order valence-corrected chi connectivity index (χ0v) is 15.6. The van der Waals surface area contributed by atoms with Gasteiger partial charge in [0, 0.05) is 24.7 Å². The van der Waals surface area contributed by atoms with E-state index in [-0.39, 0.29) is 11.8 Å². The number of benzene rings is 2. The quantitative estimate of drug-likeness (QED) is 0.699. The van der Waals surface area contributed by atoms with Crippen molar-refractivity contribution in [1.82, 2.24) is 4.98 Å². The van der Waals surface area contributed by atoms with Crippen LogP contribution in [-0.4, -0.2) is 37.1 Å². The largest absolute Gasteiger partial charge is 0.465 e. The molecule has 0 aliphatic carbocycles. The second kappa shape index (κ2) is 7.72. The molecular weight excluding hydrogens is 358 g/mol. The predicted octanol–water partition coefficient (Wildman–Crippen LogP) is 3.47. The number of aromatic nitrogens is 1. The van der Waals surface area contributed by atoms with E-state index in [9.17, 15) is 9.59 Å². The third-order valence-electron chi connectivity index (χ3n) is 4.97. The van der Waals surface area contributed by atoms with Gasteiger partial charge in [-0.3, -0.25) is 4.79 Å². The Bertz CT molecular complexity index is 973. The summed E-state index contributed by atoms with van der Waals surface area (Å²) in [5, 5.41) is 2.90. The van der Waals surface area contributed by atoms with E-state index in [1.807, 2.05) is 24.3 Å². The van der Waals surface area contributed by atoms with E-state index in [2.05, 4.69) is 15.2 Å². The minimum atomic E-state index is -0.428. The van der Waals surface area contributed by atoms with Crippen LogP contribution in [0.25, 0.3) is 11.1 Å². The van der Waals surface area contributed by atoms with Crippen molar-refractivity contribution in [2.24, 2.45) is 5.92 Å². The van der Waals surface area contributed by atoms with Crippen LogP contribution < -0.4 is 10.2 Å². The summed E-state index contributed by atoms with van der Waals surface area (Å²) in [4.78, 5) is 30.8. The summed E-state index contributed by atoms with van der Waals surface area (Å²) < 4.78 is 10.5. The molecular formula is C21H21N3O4.